The zero-order chi connectivity index (χ0) is 32.4. The highest BCUT2D eigenvalue weighted by Gasteiger charge is 2.34. The van der Waals surface area contributed by atoms with E-state index >= 15 is 0 Å². The SMILES string of the molecule is CCCNC(=O)C(Cc1ccccc1)N(Cc1cccc(OC)c1)C(=O)CN(c1ccc(C)c(C)c1)S(=O)(=O)c1ccccc1. The van der Waals surface area contributed by atoms with Crippen molar-refractivity contribution < 1.29 is 22.7 Å². The molecule has 4 rings (SSSR count). The van der Waals surface area contributed by atoms with Gasteiger partial charge in [0, 0.05) is 19.5 Å². The van der Waals surface area contributed by atoms with Crippen LogP contribution in [0, 0.1) is 13.8 Å². The first kappa shape index (κ1) is 33.3. The number of ether oxygens (including phenoxy) is 1. The molecule has 236 valence electrons. The number of amides is 2. The average Bonchev–Trinajstić information content (AvgIpc) is 3.06. The van der Waals surface area contributed by atoms with E-state index in [2.05, 4.69) is 5.32 Å². The Balaban J connectivity index is 1.81. The maximum Gasteiger partial charge on any atom is 0.264 e. The number of hydrogen-bond acceptors (Lipinski definition) is 5. The lowest BCUT2D eigenvalue weighted by Crippen LogP contribution is -2.53. The molecule has 0 aliphatic carbocycles. The van der Waals surface area contributed by atoms with Crippen LogP contribution in [0.2, 0.25) is 0 Å². The highest BCUT2D eigenvalue weighted by atomic mass is 32.2. The molecule has 0 aliphatic heterocycles. The molecule has 4 aromatic rings. The van der Waals surface area contributed by atoms with E-state index in [1.54, 1.807) is 43.5 Å². The van der Waals surface area contributed by atoms with Crippen molar-refractivity contribution in [1.29, 1.82) is 0 Å². The number of anilines is 1. The van der Waals surface area contributed by atoms with Crippen molar-refractivity contribution in [3.8, 4) is 5.75 Å². The molecule has 1 atom stereocenters. The maximum absolute atomic E-state index is 14.5. The molecule has 0 saturated carbocycles. The second-order valence-corrected chi connectivity index (χ2v) is 12.8. The van der Waals surface area contributed by atoms with E-state index in [1.807, 2.05) is 75.4 Å². The van der Waals surface area contributed by atoms with Crippen LogP contribution in [0.15, 0.2) is 108 Å². The van der Waals surface area contributed by atoms with Gasteiger partial charge in [0.2, 0.25) is 11.8 Å². The Bertz CT molecular complexity index is 1690. The summed E-state index contributed by atoms with van der Waals surface area (Å²) in [5, 5.41) is 2.96. The van der Waals surface area contributed by atoms with Gasteiger partial charge in [-0.05, 0) is 78.9 Å². The average molecular weight is 628 g/mol. The highest BCUT2D eigenvalue weighted by Crippen LogP contribution is 2.27. The highest BCUT2D eigenvalue weighted by molar-refractivity contribution is 7.92. The lowest BCUT2D eigenvalue weighted by atomic mass is 10.0. The number of hydrogen-bond donors (Lipinski definition) is 1. The summed E-state index contributed by atoms with van der Waals surface area (Å²) in [7, 11) is -2.59. The van der Waals surface area contributed by atoms with Crippen LogP contribution in [0.1, 0.15) is 35.6 Å². The summed E-state index contributed by atoms with van der Waals surface area (Å²) in [5.74, 6) is -0.206. The van der Waals surface area contributed by atoms with E-state index in [1.165, 1.54) is 17.0 Å². The van der Waals surface area contributed by atoms with Gasteiger partial charge in [0.05, 0.1) is 17.7 Å². The van der Waals surface area contributed by atoms with Crippen LogP contribution >= 0.6 is 0 Å². The minimum Gasteiger partial charge on any atom is -0.497 e. The molecule has 4 aromatic carbocycles. The number of sulfonamides is 1. The first-order valence-electron chi connectivity index (χ1n) is 15.0. The van der Waals surface area contributed by atoms with Crippen LogP contribution in [0.4, 0.5) is 5.69 Å². The van der Waals surface area contributed by atoms with Crippen LogP contribution in [-0.2, 0) is 32.6 Å². The molecule has 9 heteroatoms. The van der Waals surface area contributed by atoms with E-state index in [4.69, 9.17) is 4.74 Å². The number of benzene rings is 4. The van der Waals surface area contributed by atoms with Crippen molar-refractivity contribution in [1.82, 2.24) is 10.2 Å². The number of nitrogens with one attached hydrogen (secondary N) is 1. The Hall–Kier alpha value is -4.63. The molecule has 8 nitrogen and oxygen atoms in total. The lowest BCUT2D eigenvalue weighted by molar-refractivity contribution is -0.140. The van der Waals surface area contributed by atoms with Gasteiger partial charge in [0.25, 0.3) is 10.0 Å². The third kappa shape index (κ3) is 8.51. The zero-order valence-electron chi connectivity index (χ0n) is 26.3. The Morgan fingerprint density at radius 1 is 0.822 bits per heavy atom. The number of carbonyl (C=O) groups excluding carboxylic acids is 2. The van der Waals surface area contributed by atoms with Crippen molar-refractivity contribution in [2.75, 3.05) is 24.5 Å². The van der Waals surface area contributed by atoms with Crippen LogP contribution in [0.3, 0.4) is 0 Å². The van der Waals surface area contributed by atoms with Gasteiger partial charge in [-0.25, -0.2) is 8.42 Å². The number of aryl methyl sites for hydroxylation is 2. The molecule has 0 aromatic heterocycles. The predicted octanol–water partition coefficient (Wildman–Crippen LogP) is 5.67. The zero-order valence-corrected chi connectivity index (χ0v) is 27.1. The summed E-state index contributed by atoms with van der Waals surface area (Å²) in [6.07, 6.45) is 0.977. The van der Waals surface area contributed by atoms with Gasteiger partial charge in [-0.3, -0.25) is 13.9 Å². The van der Waals surface area contributed by atoms with Crippen LogP contribution in [-0.4, -0.2) is 51.4 Å². The molecule has 0 radical (unpaired) electrons. The topological polar surface area (TPSA) is 96.0 Å². The smallest absolute Gasteiger partial charge is 0.264 e. The van der Waals surface area contributed by atoms with Crippen molar-refractivity contribution >= 4 is 27.5 Å². The molecule has 1 N–H and O–H groups in total. The summed E-state index contributed by atoms with van der Waals surface area (Å²) >= 11 is 0. The van der Waals surface area contributed by atoms with E-state index < -0.39 is 28.5 Å². The summed E-state index contributed by atoms with van der Waals surface area (Å²) in [5.41, 5.74) is 3.87. The van der Waals surface area contributed by atoms with Gasteiger partial charge in [-0.2, -0.15) is 0 Å². The molecule has 0 heterocycles. The summed E-state index contributed by atoms with van der Waals surface area (Å²) < 4.78 is 34.8. The summed E-state index contributed by atoms with van der Waals surface area (Å²) in [6.45, 7) is 5.82. The van der Waals surface area contributed by atoms with Crippen LogP contribution in [0.25, 0.3) is 0 Å². The fourth-order valence-corrected chi connectivity index (χ4v) is 6.44. The summed E-state index contributed by atoms with van der Waals surface area (Å²) in [4.78, 5) is 29.8. The molecule has 0 aliphatic rings. The van der Waals surface area contributed by atoms with Gasteiger partial charge >= 0.3 is 0 Å². The monoisotopic (exact) mass is 627 g/mol. The van der Waals surface area contributed by atoms with Crippen molar-refractivity contribution in [3.05, 3.63) is 125 Å². The molecule has 0 saturated heterocycles. The number of methoxy groups -OCH3 is 1. The normalized spacial score (nSPS) is 11.8. The van der Waals surface area contributed by atoms with E-state index in [0.29, 0.717) is 18.0 Å². The third-order valence-electron chi connectivity index (χ3n) is 7.70. The predicted molar refractivity (Wildman–Crippen MR) is 178 cm³/mol. The molecule has 0 spiro atoms. The Kier molecular flexibility index (Phi) is 11.4. The summed E-state index contributed by atoms with van der Waals surface area (Å²) in [6, 6.07) is 29.3. The van der Waals surface area contributed by atoms with Gasteiger partial charge < -0.3 is 15.0 Å². The van der Waals surface area contributed by atoms with Crippen molar-refractivity contribution in [2.24, 2.45) is 0 Å². The van der Waals surface area contributed by atoms with Gasteiger partial charge in [-0.15, -0.1) is 0 Å². The molecule has 2 amide bonds. The van der Waals surface area contributed by atoms with Crippen molar-refractivity contribution in [2.45, 2.75) is 51.1 Å². The molecule has 1 unspecified atom stereocenters. The fourth-order valence-electron chi connectivity index (χ4n) is 5.02. The molecule has 0 bridgehead atoms. The lowest BCUT2D eigenvalue weighted by Gasteiger charge is -2.34. The quantitative estimate of drug-likeness (QED) is 0.194. The van der Waals surface area contributed by atoms with E-state index in [-0.39, 0.29) is 23.8 Å². The third-order valence-corrected chi connectivity index (χ3v) is 9.48. The Morgan fingerprint density at radius 3 is 2.13 bits per heavy atom. The van der Waals surface area contributed by atoms with Crippen LogP contribution in [0.5, 0.6) is 5.75 Å². The van der Waals surface area contributed by atoms with Gasteiger partial charge in [0.1, 0.15) is 18.3 Å². The van der Waals surface area contributed by atoms with Crippen molar-refractivity contribution in [3.63, 3.8) is 0 Å². The second-order valence-electron chi connectivity index (χ2n) is 11.0. The minimum atomic E-state index is -4.15. The van der Waals surface area contributed by atoms with Gasteiger partial charge in [-0.1, -0.05) is 73.7 Å². The number of nitrogens with zero attached hydrogens (tertiary/aromatic N) is 2. The second kappa shape index (κ2) is 15.4. The first-order chi connectivity index (χ1) is 21.6. The van der Waals surface area contributed by atoms with E-state index in [9.17, 15) is 18.0 Å². The first-order valence-corrected chi connectivity index (χ1v) is 16.5. The molecular formula is C36H41N3O5S. The largest absolute Gasteiger partial charge is 0.497 e. The number of rotatable bonds is 14. The van der Waals surface area contributed by atoms with Crippen LogP contribution < -0.4 is 14.4 Å². The molecule has 0 fully saturated rings. The Morgan fingerprint density at radius 2 is 1.49 bits per heavy atom. The fraction of sp³-hybridized carbons (Fsp3) is 0.278. The molecule has 45 heavy (non-hydrogen) atoms. The van der Waals surface area contributed by atoms with Gasteiger partial charge in [0.15, 0.2) is 0 Å². The standard InChI is InChI=1S/C36H41N3O5S/c1-5-21-37-36(41)34(24-29-13-8-6-9-14-29)38(25-30-15-12-16-32(23-30)44-4)35(40)26-39(31-20-19-27(2)28(3)22-31)45(42,43)33-17-10-7-11-18-33/h6-20,22-23,34H,5,21,24-26H2,1-4H3,(H,37,41). The minimum absolute atomic E-state index is 0.0666. The maximum atomic E-state index is 14.5. The number of carbonyl (C=O) groups is 2. The van der Waals surface area contributed by atoms with E-state index in [0.717, 1.165) is 33.0 Å². The Labute approximate surface area is 266 Å². The molecular weight excluding hydrogens is 586 g/mol.